The van der Waals surface area contributed by atoms with E-state index in [4.69, 9.17) is 4.42 Å². The molecule has 0 saturated heterocycles. The summed E-state index contributed by atoms with van der Waals surface area (Å²) in [7, 11) is 0. The second-order valence-corrected chi connectivity index (χ2v) is 6.47. The predicted molar refractivity (Wildman–Crippen MR) is 101 cm³/mol. The molecule has 0 aliphatic carbocycles. The lowest BCUT2D eigenvalue weighted by atomic mass is 10.1. The van der Waals surface area contributed by atoms with E-state index in [-0.39, 0.29) is 5.63 Å². The van der Waals surface area contributed by atoms with Crippen LogP contribution in [0.3, 0.4) is 0 Å². The van der Waals surface area contributed by atoms with E-state index in [9.17, 15) is 4.79 Å². The van der Waals surface area contributed by atoms with Crippen LogP contribution < -0.4 is 5.63 Å². The van der Waals surface area contributed by atoms with Crippen LogP contribution in [0, 0.1) is 6.92 Å². The summed E-state index contributed by atoms with van der Waals surface area (Å²) < 4.78 is 8.91. The highest BCUT2D eigenvalue weighted by Gasteiger charge is 2.11. The van der Waals surface area contributed by atoms with E-state index in [1.807, 2.05) is 60.2 Å². The van der Waals surface area contributed by atoms with Crippen molar-refractivity contribution in [3.63, 3.8) is 0 Å². The maximum absolute atomic E-state index is 11.9. The molecule has 0 radical (unpaired) electrons. The average molecular weight is 357 g/mol. The minimum Gasteiger partial charge on any atom is -0.423 e. The quantitative estimate of drug-likeness (QED) is 0.464. The van der Waals surface area contributed by atoms with Crippen molar-refractivity contribution in [2.75, 3.05) is 0 Å². The molecule has 0 unspecified atom stereocenters. The molecule has 0 aliphatic heterocycles. The molecule has 3 heterocycles. The van der Waals surface area contributed by atoms with Gasteiger partial charge in [-0.05, 0) is 36.2 Å². The highest BCUT2D eigenvalue weighted by Crippen LogP contribution is 2.20. The van der Waals surface area contributed by atoms with Gasteiger partial charge in [0.15, 0.2) is 5.82 Å². The van der Waals surface area contributed by atoms with E-state index < -0.39 is 0 Å². The Labute approximate surface area is 153 Å². The largest absolute Gasteiger partial charge is 0.423 e. The fourth-order valence-corrected chi connectivity index (χ4v) is 3.26. The maximum Gasteiger partial charge on any atom is 0.336 e. The van der Waals surface area contributed by atoms with Gasteiger partial charge in [0.1, 0.15) is 11.9 Å². The van der Waals surface area contributed by atoms with Crippen LogP contribution in [-0.2, 0) is 6.54 Å². The van der Waals surface area contributed by atoms with Gasteiger partial charge in [0.05, 0.1) is 23.8 Å². The Balaban J connectivity index is 1.55. The summed E-state index contributed by atoms with van der Waals surface area (Å²) in [6.07, 6.45) is 3.57. The van der Waals surface area contributed by atoms with Crippen molar-refractivity contribution >= 4 is 22.0 Å². The molecule has 132 valence electrons. The number of benzene rings is 2. The minimum absolute atomic E-state index is 0.371. The van der Waals surface area contributed by atoms with Gasteiger partial charge in [-0.1, -0.05) is 29.5 Å². The molecule has 2 aromatic carbocycles. The average Bonchev–Trinajstić information content (AvgIpc) is 3.27. The van der Waals surface area contributed by atoms with Crippen molar-refractivity contribution in [3.8, 4) is 5.82 Å². The number of fused-ring (bicyclic) bond motifs is 2. The van der Waals surface area contributed by atoms with Crippen molar-refractivity contribution in [2.24, 2.45) is 0 Å². The molecule has 0 fully saturated rings. The first-order valence-corrected chi connectivity index (χ1v) is 8.53. The van der Waals surface area contributed by atoms with Crippen LogP contribution in [0.2, 0.25) is 0 Å². The highest BCUT2D eigenvalue weighted by molar-refractivity contribution is 5.80. The molecule has 3 aromatic heterocycles. The smallest absolute Gasteiger partial charge is 0.336 e. The topological polar surface area (TPSA) is 78.7 Å². The van der Waals surface area contributed by atoms with Crippen molar-refractivity contribution in [1.82, 2.24) is 24.5 Å². The van der Waals surface area contributed by atoms with Crippen molar-refractivity contribution in [3.05, 3.63) is 82.6 Å². The lowest BCUT2D eigenvalue weighted by Crippen LogP contribution is -2.06. The number of aromatic nitrogens is 5. The van der Waals surface area contributed by atoms with Crippen molar-refractivity contribution in [1.29, 1.82) is 0 Å². The van der Waals surface area contributed by atoms with Crippen LogP contribution in [0.4, 0.5) is 0 Å². The van der Waals surface area contributed by atoms with Gasteiger partial charge in [-0.2, -0.15) is 0 Å². The molecule has 27 heavy (non-hydrogen) atoms. The Morgan fingerprint density at radius 2 is 2.00 bits per heavy atom. The summed E-state index contributed by atoms with van der Waals surface area (Å²) in [5, 5.41) is 9.36. The molecular weight excluding hydrogens is 342 g/mol. The van der Waals surface area contributed by atoms with Crippen LogP contribution in [0.5, 0.6) is 0 Å². The minimum atomic E-state index is -0.371. The molecule has 0 bridgehead atoms. The van der Waals surface area contributed by atoms with E-state index in [0.717, 1.165) is 27.5 Å². The first-order chi connectivity index (χ1) is 13.2. The SMILES string of the molecule is Cc1ccc2c(Cn3cc(-n4cnc5ccccc54)nn3)cc(=O)oc2c1. The summed E-state index contributed by atoms with van der Waals surface area (Å²) in [4.78, 5) is 16.3. The van der Waals surface area contributed by atoms with Crippen LogP contribution >= 0.6 is 0 Å². The number of aryl methyl sites for hydroxylation is 1. The van der Waals surface area contributed by atoms with Gasteiger partial charge in [0.25, 0.3) is 0 Å². The Morgan fingerprint density at radius 3 is 2.93 bits per heavy atom. The van der Waals surface area contributed by atoms with Crippen LogP contribution in [-0.4, -0.2) is 24.5 Å². The summed E-state index contributed by atoms with van der Waals surface area (Å²) in [6.45, 7) is 2.38. The summed E-state index contributed by atoms with van der Waals surface area (Å²) >= 11 is 0. The molecule has 7 nitrogen and oxygen atoms in total. The zero-order valence-electron chi connectivity index (χ0n) is 14.5. The number of hydrogen-bond donors (Lipinski definition) is 0. The molecule has 5 rings (SSSR count). The normalized spacial score (nSPS) is 11.4. The van der Waals surface area contributed by atoms with Gasteiger partial charge in [-0.15, -0.1) is 5.10 Å². The molecule has 5 aromatic rings. The van der Waals surface area contributed by atoms with Gasteiger partial charge < -0.3 is 4.42 Å². The van der Waals surface area contributed by atoms with E-state index in [1.165, 1.54) is 6.07 Å². The van der Waals surface area contributed by atoms with E-state index in [0.29, 0.717) is 17.9 Å². The Bertz CT molecular complexity index is 1350. The standard InChI is InChI=1S/C20H15N5O2/c1-13-6-7-15-14(9-20(26)27-18(15)8-13)10-24-11-19(22-23-24)25-12-21-16-4-2-3-5-17(16)25/h2-9,11-12H,10H2,1H3. The fourth-order valence-electron chi connectivity index (χ4n) is 3.26. The molecule has 7 heteroatoms. The molecule has 0 N–H and O–H groups in total. The number of imidazole rings is 1. The van der Waals surface area contributed by atoms with Gasteiger partial charge in [-0.25, -0.2) is 14.5 Å². The summed E-state index contributed by atoms with van der Waals surface area (Å²) in [5.74, 6) is 0.673. The Hall–Kier alpha value is -3.74. The lowest BCUT2D eigenvalue weighted by Gasteiger charge is -2.05. The van der Waals surface area contributed by atoms with Crippen LogP contribution in [0.25, 0.3) is 27.8 Å². The third-order valence-electron chi connectivity index (χ3n) is 4.54. The number of hydrogen-bond acceptors (Lipinski definition) is 5. The summed E-state index contributed by atoms with van der Waals surface area (Å²) in [6, 6.07) is 15.2. The van der Waals surface area contributed by atoms with Gasteiger partial charge in [-0.3, -0.25) is 4.57 Å². The monoisotopic (exact) mass is 357 g/mol. The van der Waals surface area contributed by atoms with E-state index in [1.54, 1.807) is 11.0 Å². The molecule has 0 atom stereocenters. The zero-order chi connectivity index (χ0) is 18.4. The predicted octanol–water partition coefficient (Wildman–Crippen LogP) is 3.08. The molecule has 0 saturated carbocycles. The Kier molecular flexibility index (Phi) is 3.39. The van der Waals surface area contributed by atoms with Gasteiger partial charge >= 0.3 is 5.63 Å². The van der Waals surface area contributed by atoms with Crippen LogP contribution in [0.1, 0.15) is 11.1 Å². The first kappa shape index (κ1) is 15.5. The second kappa shape index (κ2) is 5.91. The van der Waals surface area contributed by atoms with Gasteiger partial charge in [0, 0.05) is 11.5 Å². The second-order valence-electron chi connectivity index (χ2n) is 6.47. The Morgan fingerprint density at radius 1 is 1.11 bits per heavy atom. The lowest BCUT2D eigenvalue weighted by molar-refractivity contribution is 0.555. The zero-order valence-corrected chi connectivity index (χ0v) is 14.5. The first-order valence-electron chi connectivity index (χ1n) is 8.53. The third kappa shape index (κ3) is 2.69. The van der Waals surface area contributed by atoms with E-state index in [2.05, 4.69) is 15.3 Å². The van der Waals surface area contributed by atoms with Crippen molar-refractivity contribution in [2.45, 2.75) is 13.5 Å². The summed E-state index contributed by atoms with van der Waals surface area (Å²) in [5.41, 5.74) is 3.95. The fraction of sp³-hybridized carbons (Fsp3) is 0.100. The molecule has 0 amide bonds. The number of rotatable bonds is 3. The third-order valence-corrected chi connectivity index (χ3v) is 4.54. The maximum atomic E-state index is 11.9. The van der Waals surface area contributed by atoms with Gasteiger partial charge in [0.2, 0.25) is 0 Å². The number of para-hydroxylation sites is 2. The molecule has 0 spiro atoms. The molecular formula is C20H15N5O2. The molecule has 0 aliphatic rings. The highest BCUT2D eigenvalue weighted by atomic mass is 16.4. The van der Waals surface area contributed by atoms with Crippen molar-refractivity contribution < 1.29 is 4.42 Å². The van der Waals surface area contributed by atoms with E-state index >= 15 is 0 Å². The van der Waals surface area contributed by atoms with Crippen LogP contribution in [0.15, 0.2) is 70.3 Å². The number of nitrogens with zero attached hydrogens (tertiary/aromatic N) is 5.